The molecule has 1 atom stereocenters. The summed E-state index contributed by atoms with van der Waals surface area (Å²) in [6.45, 7) is 3.24. The van der Waals surface area contributed by atoms with Gasteiger partial charge in [0.2, 0.25) is 0 Å². The Kier molecular flexibility index (Phi) is 4.77. The van der Waals surface area contributed by atoms with E-state index < -0.39 is 0 Å². The van der Waals surface area contributed by atoms with Crippen LogP contribution in [0.25, 0.3) is 0 Å². The van der Waals surface area contributed by atoms with Crippen LogP contribution in [0.2, 0.25) is 5.15 Å². The van der Waals surface area contributed by atoms with Gasteiger partial charge in [0.15, 0.2) is 0 Å². The zero-order valence-corrected chi connectivity index (χ0v) is 11.1. The van der Waals surface area contributed by atoms with Crippen LogP contribution in [0.1, 0.15) is 24.8 Å². The van der Waals surface area contributed by atoms with Gasteiger partial charge in [0, 0.05) is 25.3 Å². The number of pyridine rings is 1. The number of likely N-dealkylation sites (N-methyl/N-ethyl adjacent to an activating group) is 1. The molecule has 1 aliphatic heterocycles. The molecule has 2 rings (SSSR count). The maximum absolute atomic E-state index is 5.80. The number of hydrogen-bond acceptors (Lipinski definition) is 3. The van der Waals surface area contributed by atoms with Crippen molar-refractivity contribution in [1.82, 2.24) is 15.2 Å². The van der Waals surface area contributed by atoms with Gasteiger partial charge in [-0.1, -0.05) is 24.1 Å². The van der Waals surface area contributed by atoms with Crippen molar-refractivity contribution in [2.75, 3.05) is 20.1 Å². The number of rotatable bonds is 4. The van der Waals surface area contributed by atoms with Crippen LogP contribution < -0.4 is 5.32 Å². The van der Waals surface area contributed by atoms with E-state index in [2.05, 4.69) is 21.3 Å². The van der Waals surface area contributed by atoms with E-state index in [9.17, 15) is 0 Å². The fraction of sp³-hybridized carbons (Fsp3) is 0.615. The number of likely N-dealkylation sites (tertiary alicyclic amines) is 1. The minimum atomic E-state index is 0.569. The Morgan fingerprint density at radius 3 is 3.06 bits per heavy atom. The SMILES string of the molecule is CNCC1CCCCN1Cc1ccc(Cl)nc1. The summed E-state index contributed by atoms with van der Waals surface area (Å²) in [6, 6.07) is 4.60. The topological polar surface area (TPSA) is 28.2 Å². The fourth-order valence-electron chi connectivity index (χ4n) is 2.47. The average molecular weight is 254 g/mol. The van der Waals surface area contributed by atoms with Gasteiger partial charge in [0.25, 0.3) is 0 Å². The number of nitrogens with zero attached hydrogens (tertiary/aromatic N) is 2. The molecule has 0 radical (unpaired) electrons. The quantitative estimate of drug-likeness (QED) is 0.835. The summed E-state index contributed by atoms with van der Waals surface area (Å²) >= 11 is 5.80. The molecular formula is C13H20ClN3. The normalized spacial score (nSPS) is 21.6. The van der Waals surface area contributed by atoms with E-state index in [-0.39, 0.29) is 0 Å². The average Bonchev–Trinajstić information content (AvgIpc) is 2.35. The first kappa shape index (κ1) is 12.8. The van der Waals surface area contributed by atoms with E-state index in [0.717, 1.165) is 13.1 Å². The zero-order valence-electron chi connectivity index (χ0n) is 10.3. The Bertz CT molecular complexity index is 337. The van der Waals surface area contributed by atoms with Crippen LogP contribution in [0, 0.1) is 0 Å². The third-order valence-corrected chi connectivity index (χ3v) is 3.59. The van der Waals surface area contributed by atoms with E-state index >= 15 is 0 Å². The molecular weight excluding hydrogens is 234 g/mol. The molecule has 3 nitrogen and oxygen atoms in total. The maximum Gasteiger partial charge on any atom is 0.129 e. The summed E-state index contributed by atoms with van der Waals surface area (Å²) in [7, 11) is 2.02. The molecule has 0 amide bonds. The van der Waals surface area contributed by atoms with E-state index in [4.69, 9.17) is 11.6 Å². The molecule has 4 heteroatoms. The van der Waals surface area contributed by atoms with Crippen molar-refractivity contribution in [3.05, 3.63) is 29.0 Å². The highest BCUT2D eigenvalue weighted by Crippen LogP contribution is 2.19. The summed E-state index contributed by atoms with van der Waals surface area (Å²) < 4.78 is 0. The third kappa shape index (κ3) is 3.66. The van der Waals surface area contributed by atoms with Gasteiger partial charge in [-0.15, -0.1) is 0 Å². The molecule has 1 aromatic rings. The standard InChI is InChI=1S/C13H20ClN3/c1-15-9-12-4-2-3-7-17(12)10-11-5-6-13(14)16-8-11/h5-6,8,12,15H,2-4,7,9-10H2,1H3. The van der Waals surface area contributed by atoms with Gasteiger partial charge in [-0.05, 0) is 38.1 Å². The molecule has 1 N–H and O–H groups in total. The summed E-state index contributed by atoms with van der Waals surface area (Å²) in [5, 5.41) is 3.85. The molecule has 1 aromatic heterocycles. The van der Waals surface area contributed by atoms with Crippen LogP contribution in [-0.4, -0.2) is 36.1 Å². The molecule has 0 aliphatic carbocycles. The van der Waals surface area contributed by atoms with Gasteiger partial charge < -0.3 is 5.32 Å². The molecule has 94 valence electrons. The Labute approximate surface area is 108 Å². The molecule has 17 heavy (non-hydrogen) atoms. The van der Waals surface area contributed by atoms with Crippen LogP contribution in [0.5, 0.6) is 0 Å². The second-order valence-electron chi connectivity index (χ2n) is 4.67. The second kappa shape index (κ2) is 6.34. The number of aromatic nitrogens is 1. The predicted molar refractivity (Wildman–Crippen MR) is 71.2 cm³/mol. The van der Waals surface area contributed by atoms with Crippen LogP contribution in [0.3, 0.4) is 0 Å². The molecule has 0 spiro atoms. The van der Waals surface area contributed by atoms with Gasteiger partial charge in [-0.3, -0.25) is 4.90 Å². The van der Waals surface area contributed by atoms with Crippen molar-refractivity contribution >= 4 is 11.6 Å². The monoisotopic (exact) mass is 253 g/mol. The molecule has 2 heterocycles. The molecule has 0 saturated carbocycles. The zero-order chi connectivity index (χ0) is 12.1. The van der Waals surface area contributed by atoms with E-state index in [1.54, 1.807) is 0 Å². The summed E-state index contributed by atoms with van der Waals surface area (Å²) in [4.78, 5) is 6.69. The van der Waals surface area contributed by atoms with Crippen molar-refractivity contribution < 1.29 is 0 Å². The highest BCUT2D eigenvalue weighted by molar-refractivity contribution is 6.29. The third-order valence-electron chi connectivity index (χ3n) is 3.36. The number of hydrogen-bond donors (Lipinski definition) is 1. The highest BCUT2D eigenvalue weighted by Gasteiger charge is 2.21. The van der Waals surface area contributed by atoms with Crippen LogP contribution in [-0.2, 0) is 6.54 Å². The largest absolute Gasteiger partial charge is 0.318 e. The number of piperidine rings is 1. The van der Waals surface area contributed by atoms with Crippen LogP contribution in [0.4, 0.5) is 0 Å². The summed E-state index contributed by atoms with van der Waals surface area (Å²) in [6.07, 6.45) is 5.83. The second-order valence-corrected chi connectivity index (χ2v) is 5.05. The minimum absolute atomic E-state index is 0.569. The lowest BCUT2D eigenvalue weighted by atomic mass is 10.0. The first-order valence-electron chi connectivity index (χ1n) is 6.28. The fourth-order valence-corrected chi connectivity index (χ4v) is 2.58. The molecule has 1 aliphatic rings. The molecule has 0 bridgehead atoms. The molecule has 1 saturated heterocycles. The lowest BCUT2D eigenvalue weighted by Gasteiger charge is -2.35. The lowest BCUT2D eigenvalue weighted by Crippen LogP contribution is -2.44. The Morgan fingerprint density at radius 1 is 1.47 bits per heavy atom. The molecule has 0 aromatic carbocycles. The number of halogens is 1. The smallest absolute Gasteiger partial charge is 0.129 e. The predicted octanol–water partition coefficient (Wildman–Crippen LogP) is 2.31. The van der Waals surface area contributed by atoms with Gasteiger partial charge in [0.1, 0.15) is 5.15 Å². The summed E-state index contributed by atoms with van der Waals surface area (Å²) in [5.41, 5.74) is 1.25. The lowest BCUT2D eigenvalue weighted by molar-refractivity contribution is 0.139. The first-order chi connectivity index (χ1) is 8.29. The van der Waals surface area contributed by atoms with Crippen molar-refractivity contribution in [1.29, 1.82) is 0 Å². The number of nitrogens with one attached hydrogen (secondary N) is 1. The van der Waals surface area contributed by atoms with Gasteiger partial charge in [0.05, 0.1) is 0 Å². The Balaban J connectivity index is 1.97. The maximum atomic E-state index is 5.80. The summed E-state index contributed by atoms with van der Waals surface area (Å²) in [5.74, 6) is 0. The van der Waals surface area contributed by atoms with Crippen molar-refractivity contribution in [3.8, 4) is 0 Å². The minimum Gasteiger partial charge on any atom is -0.318 e. The van der Waals surface area contributed by atoms with Crippen molar-refractivity contribution in [2.24, 2.45) is 0 Å². The molecule has 1 unspecified atom stereocenters. The van der Waals surface area contributed by atoms with Crippen molar-refractivity contribution in [3.63, 3.8) is 0 Å². The van der Waals surface area contributed by atoms with E-state index in [1.807, 2.05) is 19.3 Å². The van der Waals surface area contributed by atoms with E-state index in [0.29, 0.717) is 11.2 Å². The first-order valence-corrected chi connectivity index (χ1v) is 6.66. The van der Waals surface area contributed by atoms with E-state index in [1.165, 1.54) is 31.4 Å². The van der Waals surface area contributed by atoms with Crippen LogP contribution >= 0.6 is 11.6 Å². The van der Waals surface area contributed by atoms with Gasteiger partial charge in [-0.2, -0.15) is 0 Å². The van der Waals surface area contributed by atoms with Gasteiger partial charge in [-0.25, -0.2) is 4.98 Å². The van der Waals surface area contributed by atoms with Crippen molar-refractivity contribution in [2.45, 2.75) is 31.8 Å². The Hall–Kier alpha value is -0.640. The highest BCUT2D eigenvalue weighted by atomic mass is 35.5. The van der Waals surface area contributed by atoms with Crippen LogP contribution in [0.15, 0.2) is 18.3 Å². The molecule has 1 fully saturated rings. The van der Waals surface area contributed by atoms with Gasteiger partial charge >= 0.3 is 0 Å². The Morgan fingerprint density at radius 2 is 2.35 bits per heavy atom.